The second-order valence-electron chi connectivity index (χ2n) is 5.18. The molecule has 2 aromatic carbocycles. The van der Waals surface area contributed by atoms with Gasteiger partial charge in [0, 0.05) is 12.8 Å². The molecular formula is C19H20O2. The molecule has 0 saturated carbocycles. The molecule has 0 fully saturated rings. The molecule has 0 unspecified atom stereocenters. The summed E-state index contributed by atoms with van der Waals surface area (Å²) in [5.74, 6) is -0.102. The largest absolute Gasteiger partial charge is 0.461 e. The van der Waals surface area contributed by atoms with Crippen LogP contribution in [0.1, 0.15) is 24.8 Å². The van der Waals surface area contributed by atoms with E-state index in [9.17, 15) is 4.79 Å². The first-order chi connectivity index (χ1) is 10.1. The highest BCUT2D eigenvalue weighted by molar-refractivity contribution is 5.83. The zero-order chi connectivity index (χ0) is 15.2. The van der Waals surface area contributed by atoms with E-state index in [0.717, 1.165) is 12.0 Å². The van der Waals surface area contributed by atoms with Gasteiger partial charge in [-0.1, -0.05) is 55.1 Å². The molecule has 1 atom stereocenters. The Balaban J connectivity index is 2.13. The minimum atomic E-state index is -0.281. The quantitative estimate of drug-likeness (QED) is 0.570. The van der Waals surface area contributed by atoms with Crippen molar-refractivity contribution in [1.29, 1.82) is 0 Å². The van der Waals surface area contributed by atoms with Crippen LogP contribution >= 0.6 is 0 Å². The van der Waals surface area contributed by atoms with Crippen molar-refractivity contribution in [1.82, 2.24) is 0 Å². The molecule has 0 radical (unpaired) electrons. The Bertz CT molecular complexity index is 670. The predicted molar refractivity (Wildman–Crippen MR) is 87.3 cm³/mol. The molecule has 2 rings (SSSR count). The highest BCUT2D eigenvalue weighted by Crippen LogP contribution is 2.27. The van der Waals surface area contributed by atoms with E-state index < -0.39 is 0 Å². The van der Waals surface area contributed by atoms with E-state index in [2.05, 4.69) is 43.5 Å². The van der Waals surface area contributed by atoms with Gasteiger partial charge in [0.1, 0.15) is 6.61 Å². The van der Waals surface area contributed by atoms with Gasteiger partial charge in [0.15, 0.2) is 0 Å². The molecule has 2 nitrogen and oxygen atoms in total. The molecule has 0 N–H and O–H groups in total. The fourth-order valence-electron chi connectivity index (χ4n) is 2.35. The maximum Gasteiger partial charge on any atom is 0.302 e. The van der Waals surface area contributed by atoms with Crippen LogP contribution in [0.3, 0.4) is 0 Å². The first-order valence-electron chi connectivity index (χ1n) is 7.01. The van der Waals surface area contributed by atoms with Crippen molar-refractivity contribution >= 4 is 16.7 Å². The Kier molecular flexibility index (Phi) is 4.94. The van der Waals surface area contributed by atoms with Gasteiger partial charge in [-0.2, -0.15) is 0 Å². The van der Waals surface area contributed by atoms with Crippen LogP contribution < -0.4 is 0 Å². The van der Waals surface area contributed by atoms with E-state index in [1.54, 1.807) is 0 Å². The van der Waals surface area contributed by atoms with Crippen LogP contribution in [-0.4, -0.2) is 12.6 Å². The zero-order valence-corrected chi connectivity index (χ0v) is 12.3. The number of carbonyl (C=O) groups excluding carboxylic acids is 1. The molecular weight excluding hydrogens is 260 g/mol. The van der Waals surface area contributed by atoms with Gasteiger partial charge in [-0.3, -0.25) is 4.79 Å². The average molecular weight is 280 g/mol. The van der Waals surface area contributed by atoms with Crippen LogP contribution in [0.5, 0.6) is 0 Å². The maximum atomic E-state index is 10.8. The number of ether oxygens (including phenoxy) is 1. The molecule has 0 aliphatic rings. The fraction of sp³-hybridized carbons (Fsp3) is 0.211. The second-order valence-corrected chi connectivity index (χ2v) is 5.18. The van der Waals surface area contributed by atoms with E-state index in [1.807, 2.05) is 18.2 Å². The van der Waals surface area contributed by atoms with E-state index in [0.29, 0.717) is 0 Å². The zero-order valence-electron chi connectivity index (χ0n) is 12.3. The molecule has 2 heteroatoms. The number of hydrogen-bond donors (Lipinski definition) is 0. The molecule has 0 aromatic heterocycles. The van der Waals surface area contributed by atoms with Crippen LogP contribution in [0.4, 0.5) is 0 Å². The summed E-state index contributed by atoms with van der Waals surface area (Å²) in [5, 5.41) is 2.44. The van der Waals surface area contributed by atoms with Crippen molar-refractivity contribution in [3.8, 4) is 0 Å². The number of fused-ring (bicyclic) bond motifs is 1. The van der Waals surface area contributed by atoms with Gasteiger partial charge in [-0.25, -0.2) is 0 Å². The lowest BCUT2D eigenvalue weighted by atomic mass is 9.91. The SMILES string of the molecule is C=C[C@@H](CC(=C)COC(C)=O)c1ccc2ccccc2c1. The average Bonchev–Trinajstić information content (AvgIpc) is 2.50. The van der Waals surface area contributed by atoms with Crippen LogP contribution in [0.25, 0.3) is 10.8 Å². The van der Waals surface area contributed by atoms with Crippen molar-refractivity contribution in [3.05, 3.63) is 72.8 Å². The van der Waals surface area contributed by atoms with Crippen LogP contribution in [0.2, 0.25) is 0 Å². The standard InChI is InChI=1S/C19H20O2/c1-4-16(11-14(2)13-21-15(3)20)19-10-9-17-7-5-6-8-18(17)12-19/h4-10,12,16H,1-2,11,13H2,3H3/t16-/m0/s1. The van der Waals surface area contributed by atoms with Crippen LogP contribution in [-0.2, 0) is 9.53 Å². The molecule has 0 amide bonds. The van der Waals surface area contributed by atoms with Gasteiger partial charge in [0.25, 0.3) is 0 Å². The Hall–Kier alpha value is -2.35. The van der Waals surface area contributed by atoms with Gasteiger partial charge in [0.2, 0.25) is 0 Å². The number of carbonyl (C=O) groups is 1. The molecule has 108 valence electrons. The first kappa shape index (κ1) is 15.0. The lowest BCUT2D eigenvalue weighted by Gasteiger charge is -2.15. The minimum absolute atomic E-state index is 0.178. The van der Waals surface area contributed by atoms with E-state index in [4.69, 9.17) is 4.74 Å². The molecule has 21 heavy (non-hydrogen) atoms. The van der Waals surface area contributed by atoms with Gasteiger partial charge in [-0.05, 0) is 28.3 Å². The minimum Gasteiger partial charge on any atom is -0.461 e. The van der Waals surface area contributed by atoms with E-state index in [-0.39, 0.29) is 18.5 Å². The Labute approximate surface area is 125 Å². The third-order valence-electron chi connectivity index (χ3n) is 3.47. The predicted octanol–water partition coefficient (Wildman–Crippen LogP) is 4.62. The lowest BCUT2D eigenvalue weighted by Crippen LogP contribution is -2.05. The van der Waals surface area contributed by atoms with E-state index >= 15 is 0 Å². The summed E-state index contributed by atoms with van der Waals surface area (Å²) in [6.07, 6.45) is 2.65. The van der Waals surface area contributed by atoms with Crippen molar-refractivity contribution in [2.24, 2.45) is 0 Å². The smallest absolute Gasteiger partial charge is 0.302 e. The summed E-state index contributed by atoms with van der Waals surface area (Å²) in [5.41, 5.74) is 2.09. The Morgan fingerprint density at radius 2 is 1.95 bits per heavy atom. The lowest BCUT2D eigenvalue weighted by molar-refractivity contribution is -0.140. The molecule has 0 spiro atoms. The molecule has 2 aromatic rings. The van der Waals surface area contributed by atoms with E-state index in [1.165, 1.54) is 23.3 Å². The second kappa shape index (κ2) is 6.89. The normalized spacial score (nSPS) is 11.9. The monoisotopic (exact) mass is 280 g/mol. The van der Waals surface area contributed by atoms with Crippen LogP contribution in [0.15, 0.2) is 67.3 Å². The number of hydrogen-bond acceptors (Lipinski definition) is 2. The highest BCUT2D eigenvalue weighted by Gasteiger charge is 2.11. The van der Waals surface area contributed by atoms with Gasteiger partial charge < -0.3 is 4.74 Å². The summed E-state index contributed by atoms with van der Waals surface area (Å²) in [6, 6.07) is 14.7. The number of rotatable bonds is 6. The third-order valence-corrected chi connectivity index (χ3v) is 3.47. The van der Waals surface area contributed by atoms with Crippen molar-refractivity contribution < 1.29 is 9.53 Å². The molecule has 0 aliphatic carbocycles. The summed E-state index contributed by atoms with van der Waals surface area (Å²) in [7, 11) is 0. The van der Waals surface area contributed by atoms with Gasteiger partial charge >= 0.3 is 5.97 Å². The summed E-state index contributed by atoms with van der Waals surface area (Å²) < 4.78 is 4.98. The molecule has 0 saturated heterocycles. The number of allylic oxidation sites excluding steroid dienone is 1. The number of esters is 1. The molecule has 0 bridgehead atoms. The molecule has 0 aliphatic heterocycles. The highest BCUT2D eigenvalue weighted by atomic mass is 16.5. The summed E-state index contributed by atoms with van der Waals surface area (Å²) in [6.45, 7) is 9.57. The first-order valence-corrected chi connectivity index (χ1v) is 7.01. The maximum absolute atomic E-state index is 10.8. The van der Waals surface area contributed by atoms with Crippen molar-refractivity contribution in [2.75, 3.05) is 6.61 Å². The Morgan fingerprint density at radius 3 is 2.62 bits per heavy atom. The van der Waals surface area contributed by atoms with Gasteiger partial charge in [-0.15, -0.1) is 6.58 Å². The number of benzene rings is 2. The molecule has 0 heterocycles. The summed E-state index contributed by atoms with van der Waals surface area (Å²) >= 11 is 0. The Morgan fingerprint density at radius 1 is 1.24 bits per heavy atom. The van der Waals surface area contributed by atoms with Gasteiger partial charge in [0.05, 0.1) is 0 Å². The van der Waals surface area contributed by atoms with Crippen LogP contribution in [0, 0.1) is 0 Å². The topological polar surface area (TPSA) is 26.3 Å². The third kappa shape index (κ3) is 4.06. The van der Waals surface area contributed by atoms with Crippen molar-refractivity contribution in [3.63, 3.8) is 0 Å². The fourth-order valence-corrected chi connectivity index (χ4v) is 2.35. The van der Waals surface area contributed by atoms with Crippen molar-refractivity contribution in [2.45, 2.75) is 19.3 Å². The summed E-state index contributed by atoms with van der Waals surface area (Å²) in [4.78, 5) is 10.8.